The molecule has 8 heteroatoms. The summed E-state index contributed by atoms with van der Waals surface area (Å²) in [7, 11) is 0. The molecule has 6 nitrogen and oxygen atoms in total. The summed E-state index contributed by atoms with van der Waals surface area (Å²) in [4.78, 5) is 22.1. The number of aromatic nitrogens is 2. The molecule has 0 saturated carbocycles. The van der Waals surface area contributed by atoms with Crippen molar-refractivity contribution in [2.75, 3.05) is 0 Å². The lowest BCUT2D eigenvalue weighted by Gasteiger charge is -2.03. The van der Waals surface area contributed by atoms with Crippen LogP contribution in [0.1, 0.15) is 10.4 Å². The Labute approximate surface area is 110 Å². The molecule has 0 radical (unpaired) electrons. The summed E-state index contributed by atoms with van der Waals surface area (Å²) in [5.41, 5.74) is -0.494. The van der Waals surface area contributed by atoms with Crippen molar-refractivity contribution in [2.24, 2.45) is 0 Å². The Morgan fingerprint density at radius 3 is 2.56 bits per heavy atom. The first-order valence-electron chi connectivity index (χ1n) is 4.61. The van der Waals surface area contributed by atoms with Gasteiger partial charge in [-0.25, -0.2) is 4.79 Å². The third-order valence-corrected chi connectivity index (χ3v) is 2.81. The first-order valence-corrected chi connectivity index (χ1v) is 5.72. The summed E-state index contributed by atoms with van der Waals surface area (Å²) >= 11 is 6.28. The average Bonchev–Trinajstić information content (AvgIpc) is 2.36. The topological polar surface area (TPSA) is 89.4 Å². The minimum Gasteiger partial charge on any atom is -0.478 e. The van der Waals surface area contributed by atoms with E-state index in [4.69, 9.17) is 21.4 Å². The normalized spacial score (nSPS) is 10.1. The maximum atomic E-state index is 11.5. The van der Waals surface area contributed by atoms with Crippen LogP contribution in [0.25, 0.3) is 0 Å². The second kappa shape index (κ2) is 5.11. The second-order valence-corrected chi connectivity index (χ2v) is 4.01. The van der Waals surface area contributed by atoms with Crippen molar-refractivity contribution in [3.63, 3.8) is 0 Å². The van der Waals surface area contributed by atoms with Crippen LogP contribution in [0.2, 0.25) is 5.15 Å². The number of carboxylic acid groups (broad SMARTS) is 1. The predicted molar refractivity (Wildman–Crippen MR) is 64.7 cm³/mol. The highest BCUT2D eigenvalue weighted by Gasteiger charge is 2.09. The van der Waals surface area contributed by atoms with Gasteiger partial charge in [-0.2, -0.15) is 4.37 Å². The van der Waals surface area contributed by atoms with Gasteiger partial charge in [-0.15, -0.1) is 4.37 Å². The number of carbonyl (C=O) groups is 1. The number of rotatable bonds is 3. The van der Waals surface area contributed by atoms with Crippen LogP contribution in [0.15, 0.2) is 29.1 Å². The first-order chi connectivity index (χ1) is 8.58. The van der Waals surface area contributed by atoms with E-state index in [1.165, 1.54) is 24.3 Å². The van der Waals surface area contributed by atoms with Crippen LogP contribution in [0.5, 0.6) is 11.6 Å². The summed E-state index contributed by atoms with van der Waals surface area (Å²) in [6.45, 7) is 0. The van der Waals surface area contributed by atoms with Crippen molar-refractivity contribution >= 4 is 29.3 Å². The number of ether oxygens (including phenoxy) is 1. The molecule has 0 atom stereocenters. The van der Waals surface area contributed by atoms with Crippen molar-refractivity contribution in [3.8, 4) is 11.6 Å². The first kappa shape index (κ1) is 12.5. The van der Waals surface area contributed by atoms with Crippen molar-refractivity contribution < 1.29 is 14.6 Å². The van der Waals surface area contributed by atoms with Gasteiger partial charge >= 0.3 is 5.97 Å². The van der Waals surface area contributed by atoms with Gasteiger partial charge in [0, 0.05) is 0 Å². The molecule has 2 rings (SSSR count). The molecule has 1 heterocycles. The molecule has 0 fully saturated rings. The SMILES string of the molecule is O=C(O)c1ccc(Oc2nsnc(Cl)c2=O)cc1. The highest BCUT2D eigenvalue weighted by molar-refractivity contribution is 6.99. The van der Waals surface area contributed by atoms with Crippen LogP contribution >= 0.6 is 23.3 Å². The van der Waals surface area contributed by atoms with E-state index in [-0.39, 0.29) is 16.6 Å². The van der Waals surface area contributed by atoms with E-state index in [0.717, 1.165) is 11.7 Å². The van der Waals surface area contributed by atoms with Gasteiger partial charge in [0.15, 0.2) is 5.15 Å². The zero-order chi connectivity index (χ0) is 13.1. The molecule has 1 aromatic carbocycles. The summed E-state index contributed by atoms with van der Waals surface area (Å²) in [5, 5.41) is 8.50. The molecule has 1 aromatic heterocycles. The van der Waals surface area contributed by atoms with E-state index < -0.39 is 11.4 Å². The molecule has 0 amide bonds. The number of benzene rings is 1. The molecule has 18 heavy (non-hydrogen) atoms. The van der Waals surface area contributed by atoms with Crippen LogP contribution < -0.4 is 10.2 Å². The quantitative estimate of drug-likeness (QED) is 0.928. The molecule has 0 aliphatic rings. The van der Waals surface area contributed by atoms with Gasteiger partial charge in [-0.3, -0.25) is 4.79 Å². The maximum Gasteiger partial charge on any atom is 0.335 e. The average molecular weight is 285 g/mol. The van der Waals surface area contributed by atoms with E-state index in [1.807, 2.05) is 0 Å². The van der Waals surface area contributed by atoms with Crippen molar-refractivity contribution in [1.82, 2.24) is 8.75 Å². The second-order valence-electron chi connectivity index (χ2n) is 3.12. The Hall–Kier alpha value is -1.99. The van der Waals surface area contributed by atoms with Crippen LogP contribution in [0, 0.1) is 0 Å². The zero-order valence-electron chi connectivity index (χ0n) is 8.66. The molecule has 0 saturated heterocycles. The van der Waals surface area contributed by atoms with E-state index in [0.29, 0.717) is 5.75 Å². The van der Waals surface area contributed by atoms with E-state index in [1.54, 1.807) is 0 Å². The standard InChI is InChI=1S/C10H5ClN2O4S/c11-8-7(14)9(13-18-12-8)17-6-3-1-5(2-4-6)10(15)16/h1-4H,(H,15,16). The van der Waals surface area contributed by atoms with Gasteiger partial charge in [-0.1, -0.05) is 11.6 Å². The van der Waals surface area contributed by atoms with Gasteiger partial charge in [-0.05, 0) is 24.3 Å². The summed E-state index contributed by atoms with van der Waals surface area (Å²) in [6.07, 6.45) is 0. The molecular formula is C10H5ClN2O4S. The molecule has 92 valence electrons. The molecule has 1 N–H and O–H groups in total. The summed E-state index contributed by atoms with van der Waals surface area (Å²) in [5.74, 6) is -0.944. The van der Waals surface area contributed by atoms with Crippen molar-refractivity contribution in [2.45, 2.75) is 0 Å². The largest absolute Gasteiger partial charge is 0.478 e. The molecule has 2 aromatic rings. The maximum absolute atomic E-state index is 11.5. The lowest BCUT2D eigenvalue weighted by Crippen LogP contribution is -2.07. The Kier molecular flexibility index (Phi) is 3.54. The van der Waals surface area contributed by atoms with Gasteiger partial charge in [0.05, 0.1) is 17.3 Å². The summed E-state index contributed by atoms with van der Waals surface area (Å²) in [6, 6.07) is 5.55. The highest BCUT2D eigenvalue weighted by Crippen LogP contribution is 2.18. The Bertz CT molecular complexity index is 641. The van der Waals surface area contributed by atoms with Gasteiger partial charge in [0.2, 0.25) is 0 Å². The smallest absolute Gasteiger partial charge is 0.335 e. The van der Waals surface area contributed by atoms with Gasteiger partial charge in [0.25, 0.3) is 11.3 Å². The fourth-order valence-electron chi connectivity index (χ4n) is 1.11. The van der Waals surface area contributed by atoms with Crippen LogP contribution in [-0.2, 0) is 0 Å². The molecule has 0 bridgehead atoms. The van der Waals surface area contributed by atoms with Crippen molar-refractivity contribution in [1.29, 1.82) is 0 Å². The Balaban J connectivity index is 2.26. The number of halogens is 1. The fourth-order valence-corrected chi connectivity index (χ4v) is 1.67. The highest BCUT2D eigenvalue weighted by atomic mass is 35.5. The van der Waals surface area contributed by atoms with Crippen molar-refractivity contribution in [3.05, 3.63) is 45.2 Å². The van der Waals surface area contributed by atoms with E-state index in [2.05, 4.69) is 8.75 Å². The minimum absolute atomic E-state index is 0.119. The molecule has 0 unspecified atom stereocenters. The predicted octanol–water partition coefficient (Wildman–Crippen LogP) is 2.04. The summed E-state index contributed by atoms with van der Waals surface area (Å²) < 4.78 is 12.4. The fraction of sp³-hybridized carbons (Fsp3) is 0. The Morgan fingerprint density at radius 1 is 1.28 bits per heavy atom. The van der Waals surface area contributed by atoms with Crippen LogP contribution in [-0.4, -0.2) is 19.8 Å². The van der Waals surface area contributed by atoms with Gasteiger partial charge < -0.3 is 9.84 Å². The number of aromatic carboxylic acids is 1. The number of hydrogen-bond donors (Lipinski definition) is 1. The Morgan fingerprint density at radius 2 is 1.94 bits per heavy atom. The molecule has 0 aliphatic heterocycles. The van der Waals surface area contributed by atoms with Crippen LogP contribution in [0.3, 0.4) is 0 Å². The lowest BCUT2D eigenvalue weighted by atomic mass is 10.2. The lowest BCUT2D eigenvalue weighted by molar-refractivity contribution is 0.0697. The van der Waals surface area contributed by atoms with Gasteiger partial charge in [0.1, 0.15) is 5.75 Å². The van der Waals surface area contributed by atoms with Crippen LogP contribution in [0.4, 0.5) is 0 Å². The number of hydrogen-bond acceptors (Lipinski definition) is 6. The van der Waals surface area contributed by atoms with E-state index >= 15 is 0 Å². The minimum atomic E-state index is -1.04. The van der Waals surface area contributed by atoms with E-state index in [9.17, 15) is 9.59 Å². The molecular weight excluding hydrogens is 280 g/mol. The third-order valence-electron chi connectivity index (χ3n) is 1.94. The number of carboxylic acids is 1. The zero-order valence-corrected chi connectivity index (χ0v) is 10.2. The molecule has 0 spiro atoms. The monoisotopic (exact) mass is 284 g/mol. The number of nitrogens with zero attached hydrogens (tertiary/aromatic N) is 2. The molecule has 0 aliphatic carbocycles. The third kappa shape index (κ3) is 2.63.